The molecule has 4 heteroatoms. The van der Waals surface area contributed by atoms with Crippen molar-refractivity contribution in [3.63, 3.8) is 0 Å². The van der Waals surface area contributed by atoms with Crippen molar-refractivity contribution in [1.29, 1.82) is 0 Å². The summed E-state index contributed by atoms with van der Waals surface area (Å²) in [5.74, 6) is 2.63. The minimum atomic E-state index is 0.728. The fraction of sp³-hybridized carbons (Fsp3) is 0.375. The zero-order chi connectivity index (χ0) is 14.5. The van der Waals surface area contributed by atoms with Gasteiger partial charge in [0.2, 0.25) is 0 Å². The van der Waals surface area contributed by atoms with E-state index in [0.29, 0.717) is 0 Å². The van der Waals surface area contributed by atoms with Crippen molar-refractivity contribution in [2.45, 2.75) is 26.7 Å². The van der Waals surface area contributed by atoms with Crippen molar-refractivity contribution >= 4 is 5.82 Å². The van der Waals surface area contributed by atoms with Gasteiger partial charge in [-0.2, -0.15) is 0 Å². The maximum atomic E-state index is 5.17. The molecular formula is C16H21N3O. The maximum Gasteiger partial charge on any atom is 0.135 e. The minimum absolute atomic E-state index is 0.728. The first kappa shape index (κ1) is 14.3. The summed E-state index contributed by atoms with van der Waals surface area (Å²) in [6.07, 6.45) is 1.64. The van der Waals surface area contributed by atoms with Crippen LogP contribution in [0.25, 0.3) is 0 Å². The Morgan fingerprint density at radius 1 is 1.15 bits per heavy atom. The number of anilines is 1. The highest BCUT2D eigenvalue weighted by Gasteiger charge is 2.09. The molecule has 20 heavy (non-hydrogen) atoms. The van der Waals surface area contributed by atoms with E-state index >= 15 is 0 Å². The number of benzene rings is 1. The smallest absolute Gasteiger partial charge is 0.135 e. The molecule has 2 rings (SSSR count). The van der Waals surface area contributed by atoms with Crippen LogP contribution >= 0.6 is 0 Å². The van der Waals surface area contributed by atoms with E-state index in [9.17, 15) is 0 Å². The van der Waals surface area contributed by atoms with Crippen molar-refractivity contribution in [1.82, 2.24) is 9.97 Å². The van der Waals surface area contributed by atoms with Gasteiger partial charge in [-0.25, -0.2) is 9.97 Å². The van der Waals surface area contributed by atoms with Crippen LogP contribution in [0.2, 0.25) is 0 Å². The van der Waals surface area contributed by atoms with Crippen molar-refractivity contribution in [2.24, 2.45) is 0 Å². The lowest BCUT2D eigenvalue weighted by atomic mass is 10.1. The van der Waals surface area contributed by atoms with Gasteiger partial charge < -0.3 is 10.1 Å². The fourth-order valence-corrected chi connectivity index (χ4v) is 2.21. The molecule has 1 heterocycles. The number of aromatic nitrogens is 2. The zero-order valence-corrected chi connectivity index (χ0v) is 12.5. The van der Waals surface area contributed by atoms with Crippen LogP contribution in [-0.2, 0) is 12.8 Å². The van der Waals surface area contributed by atoms with Crippen LogP contribution in [0.5, 0.6) is 5.75 Å². The Morgan fingerprint density at radius 2 is 1.85 bits per heavy atom. The summed E-state index contributed by atoms with van der Waals surface area (Å²) in [7, 11) is 3.57. The number of nitrogens with zero attached hydrogens (tertiary/aromatic N) is 2. The van der Waals surface area contributed by atoms with Gasteiger partial charge in [0.15, 0.2) is 0 Å². The predicted molar refractivity (Wildman–Crippen MR) is 81.5 cm³/mol. The molecule has 1 N–H and O–H groups in total. The third-order valence-corrected chi connectivity index (χ3v) is 3.39. The second-order valence-corrected chi connectivity index (χ2v) is 4.69. The van der Waals surface area contributed by atoms with E-state index in [-0.39, 0.29) is 0 Å². The maximum absolute atomic E-state index is 5.17. The molecule has 1 aromatic heterocycles. The van der Waals surface area contributed by atoms with Crippen LogP contribution < -0.4 is 10.1 Å². The van der Waals surface area contributed by atoms with Crippen molar-refractivity contribution < 1.29 is 4.74 Å². The zero-order valence-electron chi connectivity index (χ0n) is 12.5. The summed E-state index contributed by atoms with van der Waals surface area (Å²) in [6, 6.07) is 8.02. The number of rotatable bonds is 5. The molecule has 0 saturated heterocycles. The Balaban J connectivity index is 2.27. The number of hydrogen-bond acceptors (Lipinski definition) is 4. The Morgan fingerprint density at radius 3 is 2.40 bits per heavy atom. The summed E-state index contributed by atoms with van der Waals surface area (Å²) in [5, 5.41) is 3.14. The van der Waals surface area contributed by atoms with E-state index in [2.05, 4.69) is 29.1 Å². The van der Waals surface area contributed by atoms with Crippen molar-refractivity contribution in [3.05, 3.63) is 46.9 Å². The molecule has 0 bridgehead atoms. The number of hydrogen-bond donors (Lipinski definition) is 1. The fourth-order valence-electron chi connectivity index (χ4n) is 2.21. The van der Waals surface area contributed by atoms with Crippen LogP contribution in [0.4, 0.5) is 5.82 Å². The standard InChI is InChI=1S/C16H21N3O/c1-5-14-11(2)16(17-3)19-15(18-14)10-12-6-8-13(20-4)9-7-12/h6-9H,5,10H2,1-4H3,(H,17,18,19). The molecule has 0 saturated carbocycles. The second kappa shape index (κ2) is 6.37. The van der Waals surface area contributed by atoms with Gasteiger partial charge in [0.1, 0.15) is 17.4 Å². The minimum Gasteiger partial charge on any atom is -0.497 e. The second-order valence-electron chi connectivity index (χ2n) is 4.69. The number of nitrogens with one attached hydrogen (secondary N) is 1. The normalized spacial score (nSPS) is 10.4. The summed E-state index contributed by atoms with van der Waals surface area (Å²) in [5.41, 5.74) is 3.42. The average molecular weight is 271 g/mol. The number of aryl methyl sites for hydroxylation is 1. The molecule has 0 fully saturated rings. The predicted octanol–water partition coefficient (Wildman–Crippen LogP) is 2.99. The molecule has 0 aliphatic carbocycles. The highest BCUT2D eigenvalue weighted by Crippen LogP contribution is 2.18. The molecule has 0 aliphatic heterocycles. The van der Waals surface area contributed by atoms with Crippen LogP contribution in [0.15, 0.2) is 24.3 Å². The third kappa shape index (κ3) is 3.07. The SMILES string of the molecule is CCc1nc(Cc2ccc(OC)cc2)nc(NC)c1C. The quantitative estimate of drug-likeness (QED) is 0.908. The van der Waals surface area contributed by atoms with Gasteiger partial charge >= 0.3 is 0 Å². The first-order valence-electron chi connectivity index (χ1n) is 6.85. The molecule has 1 aromatic carbocycles. The Bertz CT molecular complexity index is 554. The molecule has 2 aromatic rings. The molecule has 0 radical (unpaired) electrons. The number of ether oxygens (including phenoxy) is 1. The van der Waals surface area contributed by atoms with Crippen molar-refractivity contribution in [2.75, 3.05) is 19.5 Å². The molecule has 0 amide bonds. The summed E-state index contributed by atoms with van der Waals surface area (Å²) in [6.45, 7) is 4.17. The largest absolute Gasteiger partial charge is 0.497 e. The molecular weight excluding hydrogens is 250 g/mol. The van der Waals surface area contributed by atoms with E-state index in [1.165, 1.54) is 5.56 Å². The van der Waals surface area contributed by atoms with E-state index < -0.39 is 0 Å². The van der Waals surface area contributed by atoms with Gasteiger partial charge in [0.25, 0.3) is 0 Å². The first-order valence-corrected chi connectivity index (χ1v) is 6.85. The van der Waals surface area contributed by atoms with E-state index in [4.69, 9.17) is 4.74 Å². The summed E-state index contributed by atoms with van der Waals surface area (Å²) >= 11 is 0. The molecule has 0 atom stereocenters. The molecule has 106 valence electrons. The summed E-state index contributed by atoms with van der Waals surface area (Å²) in [4.78, 5) is 9.24. The Kier molecular flexibility index (Phi) is 4.56. The third-order valence-electron chi connectivity index (χ3n) is 3.39. The lowest BCUT2D eigenvalue weighted by Crippen LogP contribution is -2.07. The van der Waals surface area contributed by atoms with Gasteiger partial charge in [-0.1, -0.05) is 19.1 Å². The van der Waals surface area contributed by atoms with Gasteiger partial charge in [-0.3, -0.25) is 0 Å². The highest BCUT2D eigenvalue weighted by molar-refractivity contribution is 5.45. The molecule has 0 spiro atoms. The van der Waals surface area contributed by atoms with Crippen molar-refractivity contribution in [3.8, 4) is 5.75 Å². The van der Waals surface area contributed by atoms with Gasteiger partial charge in [0, 0.05) is 24.7 Å². The molecule has 4 nitrogen and oxygen atoms in total. The van der Waals surface area contributed by atoms with Crippen LogP contribution in [0, 0.1) is 6.92 Å². The average Bonchev–Trinajstić information content (AvgIpc) is 2.49. The first-order chi connectivity index (χ1) is 9.67. The Labute approximate surface area is 120 Å². The molecule has 0 aliphatic rings. The lowest BCUT2D eigenvalue weighted by Gasteiger charge is -2.11. The van der Waals surface area contributed by atoms with Gasteiger partial charge in [-0.05, 0) is 31.0 Å². The van der Waals surface area contributed by atoms with Crippen LogP contribution in [0.1, 0.15) is 29.6 Å². The van der Waals surface area contributed by atoms with Gasteiger partial charge in [-0.15, -0.1) is 0 Å². The number of methoxy groups -OCH3 is 1. The van der Waals surface area contributed by atoms with E-state index in [0.717, 1.165) is 41.5 Å². The lowest BCUT2D eigenvalue weighted by molar-refractivity contribution is 0.414. The monoisotopic (exact) mass is 271 g/mol. The van der Waals surface area contributed by atoms with Crippen LogP contribution in [0.3, 0.4) is 0 Å². The highest BCUT2D eigenvalue weighted by atomic mass is 16.5. The Hall–Kier alpha value is -2.10. The van der Waals surface area contributed by atoms with Crippen LogP contribution in [-0.4, -0.2) is 24.1 Å². The van der Waals surface area contributed by atoms with E-state index in [1.807, 2.05) is 31.3 Å². The topological polar surface area (TPSA) is 47.0 Å². The summed E-state index contributed by atoms with van der Waals surface area (Å²) < 4.78 is 5.17. The van der Waals surface area contributed by atoms with Gasteiger partial charge in [0.05, 0.1) is 7.11 Å². The van der Waals surface area contributed by atoms with E-state index in [1.54, 1.807) is 7.11 Å². The molecule has 0 unspecified atom stereocenters.